The first-order valence-electron chi connectivity index (χ1n) is 7.50. The molecule has 0 radical (unpaired) electrons. The summed E-state index contributed by atoms with van der Waals surface area (Å²) < 4.78 is 11.8. The molecule has 1 aliphatic heterocycles. The lowest BCUT2D eigenvalue weighted by Gasteiger charge is -2.01. The minimum atomic E-state index is -0.130. The monoisotopic (exact) mass is 329 g/mol. The largest absolute Gasteiger partial charge is 0.368 e. The average molecular weight is 329 g/mol. The second-order valence-corrected chi connectivity index (χ2v) is 6.47. The summed E-state index contributed by atoms with van der Waals surface area (Å²) in [6.07, 6.45) is 1.80. The number of rotatable bonds is 4. The summed E-state index contributed by atoms with van der Waals surface area (Å²) in [5.41, 5.74) is 0. The molecule has 1 saturated heterocycles. The second kappa shape index (κ2) is 6.10. The van der Waals surface area contributed by atoms with Gasteiger partial charge in [0, 0.05) is 11.3 Å². The summed E-state index contributed by atoms with van der Waals surface area (Å²) in [5, 5.41) is 7.79. The lowest BCUT2D eigenvalue weighted by atomic mass is 10.2. The summed E-state index contributed by atoms with van der Waals surface area (Å²) in [4.78, 5) is 17.2. The Morgan fingerprint density at radius 2 is 2.30 bits per heavy atom. The van der Waals surface area contributed by atoms with E-state index in [0.717, 1.165) is 29.5 Å². The smallest absolute Gasteiger partial charge is 0.261 e. The van der Waals surface area contributed by atoms with Gasteiger partial charge in [-0.1, -0.05) is 23.4 Å². The van der Waals surface area contributed by atoms with Crippen LogP contribution in [-0.2, 0) is 11.3 Å². The maximum absolute atomic E-state index is 12.2. The Morgan fingerprint density at radius 3 is 3.13 bits per heavy atom. The number of carbonyl (C=O) groups excluding carboxylic acids is 1. The highest BCUT2D eigenvalue weighted by atomic mass is 32.1. The van der Waals surface area contributed by atoms with Gasteiger partial charge in [-0.15, -0.1) is 11.3 Å². The molecule has 4 rings (SSSR count). The van der Waals surface area contributed by atoms with Gasteiger partial charge >= 0.3 is 0 Å². The van der Waals surface area contributed by atoms with Gasteiger partial charge in [0.15, 0.2) is 5.82 Å². The number of nitrogens with one attached hydrogen (secondary N) is 1. The highest BCUT2D eigenvalue weighted by molar-refractivity contribution is 7.20. The normalized spacial score (nSPS) is 17.7. The zero-order chi connectivity index (χ0) is 15.6. The molecule has 0 aliphatic carbocycles. The zero-order valence-electron chi connectivity index (χ0n) is 12.3. The number of carbonyl (C=O) groups is 1. The third-order valence-electron chi connectivity index (χ3n) is 3.75. The average Bonchev–Trinajstić information content (AvgIpc) is 3.31. The predicted molar refractivity (Wildman–Crippen MR) is 85.2 cm³/mol. The molecule has 7 heteroatoms. The van der Waals surface area contributed by atoms with E-state index in [9.17, 15) is 4.79 Å². The van der Waals surface area contributed by atoms with Gasteiger partial charge in [-0.3, -0.25) is 4.79 Å². The molecule has 6 nitrogen and oxygen atoms in total. The molecule has 0 unspecified atom stereocenters. The maximum atomic E-state index is 12.2. The highest BCUT2D eigenvalue weighted by Gasteiger charge is 2.24. The zero-order valence-corrected chi connectivity index (χ0v) is 13.1. The number of nitrogens with zero attached hydrogens (tertiary/aromatic N) is 2. The number of aromatic nitrogens is 2. The predicted octanol–water partition coefficient (Wildman–Crippen LogP) is 3.07. The van der Waals surface area contributed by atoms with Gasteiger partial charge in [-0.05, 0) is 30.4 Å². The molecule has 0 saturated carbocycles. The molecule has 2 aromatic heterocycles. The van der Waals surface area contributed by atoms with Crippen molar-refractivity contribution in [2.24, 2.45) is 0 Å². The third-order valence-corrected chi connectivity index (χ3v) is 4.86. The second-order valence-electron chi connectivity index (χ2n) is 5.38. The van der Waals surface area contributed by atoms with Crippen molar-refractivity contribution < 1.29 is 14.1 Å². The van der Waals surface area contributed by atoms with Crippen molar-refractivity contribution in [2.45, 2.75) is 25.5 Å². The minimum Gasteiger partial charge on any atom is -0.368 e. The van der Waals surface area contributed by atoms with Crippen molar-refractivity contribution in [3.05, 3.63) is 46.9 Å². The Kier molecular flexibility index (Phi) is 3.80. The van der Waals surface area contributed by atoms with Gasteiger partial charge in [-0.2, -0.15) is 4.98 Å². The lowest BCUT2D eigenvalue weighted by Crippen LogP contribution is -2.22. The molecule has 23 heavy (non-hydrogen) atoms. The van der Waals surface area contributed by atoms with Gasteiger partial charge in [-0.25, -0.2) is 0 Å². The number of fused-ring (bicyclic) bond motifs is 1. The molecule has 1 aromatic carbocycles. The van der Waals surface area contributed by atoms with Crippen LogP contribution in [0.15, 0.2) is 34.9 Å². The van der Waals surface area contributed by atoms with Crippen LogP contribution in [0.2, 0.25) is 0 Å². The van der Waals surface area contributed by atoms with Crippen LogP contribution in [0.25, 0.3) is 10.1 Å². The summed E-state index contributed by atoms with van der Waals surface area (Å²) in [6, 6.07) is 9.82. The molecule has 3 heterocycles. The molecule has 1 atom stereocenters. The number of thiophene rings is 1. The number of hydrogen-bond acceptors (Lipinski definition) is 6. The van der Waals surface area contributed by atoms with E-state index in [2.05, 4.69) is 15.5 Å². The first-order chi connectivity index (χ1) is 11.3. The molecule has 0 bridgehead atoms. The van der Waals surface area contributed by atoms with E-state index >= 15 is 0 Å². The molecular weight excluding hydrogens is 314 g/mol. The Labute approximate surface area is 136 Å². The van der Waals surface area contributed by atoms with Crippen molar-refractivity contribution in [1.82, 2.24) is 15.5 Å². The fourth-order valence-corrected chi connectivity index (χ4v) is 3.56. The molecule has 0 spiro atoms. The number of ether oxygens (including phenoxy) is 1. The lowest BCUT2D eigenvalue weighted by molar-refractivity contribution is 0.0835. The van der Waals surface area contributed by atoms with E-state index in [4.69, 9.17) is 9.26 Å². The fourth-order valence-electron chi connectivity index (χ4n) is 2.58. The van der Waals surface area contributed by atoms with E-state index in [1.807, 2.05) is 30.3 Å². The van der Waals surface area contributed by atoms with Crippen LogP contribution in [0.1, 0.15) is 40.3 Å². The molecule has 1 fully saturated rings. The standard InChI is InChI=1S/C16H15N3O3S/c20-15(13-8-10-4-1-2-6-12(10)23-13)17-9-14-18-16(22-19-14)11-5-3-7-21-11/h1-2,4,6,8,11H,3,5,7,9H2,(H,17,20)/t11-/m1/s1. The van der Waals surface area contributed by atoms with Crippen LogP contribution in [-0.4, -0.2) is 22.7 Å². The summed E-state index contributed by atoms with van der Waals surface area (Å²) in [5.74, 6) is 0.827. The SMILES string of the molecule is O=C(NCc1noc([C@H]2CCCO2)n1)c1cc2ccccc2s1. The summed E-state index contributed by atoms with van der Waals surface area (Å²) in [6.45, 7) is 0.967. The molecule has 1 N–H and O–H groups in total. The van der Waals surface area contributed by atoms with Crippen LogP contribution in [0.5, 0.6) is 0 Å². The van der Waals surface area contributed by atoms with Crippen LogP contribution >= 0.6 is 11.3 Å². The van der Waals surface area contributed by atoms with Crippen LogP contribution in [0, 0.1) is 0 Å². The Hall–Kier alpha value is -2.25. The van der Waals surface area contributed by atoms with Crippen molar-refractivity contribution in [3.8, 4) is 0 Å². The van der Waals surface area contributed by atoms with Gasteiger partial charge < -0.3 is 14.6 Å². The van der Waals surface area contributed by atoms with Gasteiger partial charge in [0.25, 0.3) is 11.8 Å². The van der Waals surface area contributed by atoms with Crippen molar-refractivity contribution >= 4 is 27.3 Å². The van der Waals surface area contributed by atoms with Crippen LogP contribution in [0.4, 0.5) is 0 Å². The van der Waals surface area contributed by atoms with Gasteiger partial charge in [0.2, 0.25) is 0 Å². The van der Waals surface area contributed by atoms with Crippen molar-refractivity contribution in [2.75, 3.05) is 6.61 Å². The molecule has 118 valence electrons. The summed E-state index contributed by atoms with van der Waals surface area (Å²) in [7, 11) is 0. The molecule has 1 aliphatic rings. The molecule has 3 aromatic rings. The Balaban J connectivity index is 1.41. The quantitative estimate of drug-likeness (QED) is 0.796. The van der Waals surface area contributed by atoms with E-state index in [0.29, 0.717) is 16.6 Å². The first kappa shape index (κ1) is 14.3. The van der Waals surface area contributed by atoms with Gasteiger partial charge in [0.05, 0.1) is 11.4 Å². The van der Waals surface area contributed by atoms with E-state index in [1.165, 1.54) is 11.3 Å². The molecular formula is C16H15N3O3S. The van der Waals surface area contributed by atoms with E-state index in [1.54, 1.807) is 0 Å². The topological polar surface area (TPSA) is 77.2 Å². The maximum Gasteiger partial charge on any atom is 0.261 e. The van der Waals surface area contributed by atoms with Crippen molar-refractivity contribution in [1.29, 1.82) is 0 Å². The van der Waals surface area contributed by atoms with Crippen molar-refractivity contribution in [3.63, 3.8) is 0 Å². The van der Waals surface area contributed by atoms with E-state index < -0.39 is 0 Å². The number of benzene rings is 1. The fraction of sp³-hybridized carbons (Fsp3) is 0.312. The van der Waals surface area contributed by atoms with E-state index in [-0.39, 0.29) is 18.6 Å². The molecule has 1 amide bonds. The first-order valence-corrected chi connectivity index (χ1v) is 8.32. The Morgan fingerprint density at radius 1 is 1.39 bits per heavy atom. The summed E-state index contributed by atoms with van der Waals surface area (Å²) >= 11 is 1.47. The Bertz CT molecular complexity index is 803. The highest BCUT2D eigenvalue weighted by Crippen LogP contribution is 2.27. The van der Waals surface area contributed by atoms with Crippen LogP contribution in [0.3, 0.4) is 0 Å². The van der Waals surface area contributed by atoms with Crippen LogP contribution < -0.4 is 5.32 Å². The number of amides is 1. The third kappa shape index (κ3) is 2.97. The van der Waals surface area contributed by atoms with Gasteiger partial charge in [0.1, 0.15) is 6.10 Å². The number of hydrogen-bond donors (Lipinski definition) is 1. The minimum absolute atomic E-state index is 0.102.